The van der Waals surface area contributed by atoms with Crippen LogP contribution in [0.1, 0.15) is 95.5 Å². The van der Waals surface area contributed by atoms with Gasteiger partial charge in [0.05, 0.1) is 12.5 Å². The maximum atomic E-state index is 12.1. The van der Waals surface area contributed by atoms with Crippen LogP contribution in [0.2, 0.25) is 0 Å². The molecular weight excluding hydrogens is 528 g/mol. The number of aliphatic carboxylic acids is 1. The van der Waals surface area contributed by atoms with Gasteiger partial charge in [0.1, 0.15) is 12.3 Å². The van der Waals surface area contributed by atoms with Gasteiger partial charge in [-0.3, -0.25) is 19.2 Å². The van der Waals surface area contributed by atoms with Crippen LogP contribution in [0.15, 0.2) is 30.3 Å². The number of benzene rings is 1. The highest BCUT2D eigenvalue weighted by Gasteiger charge is 2.21. The van der Waals surface area contributed by atoms with E-state index in [-0.39, 0.29) is 43.9 Å². The molecule has 11 heteroatoms. The molecule has 0 heterocycles. The van der Waals surface area contributed by atoms with Crippen molar-refractivity contribution in [3.63, 3.8) is 0 Å². The van der Waals surface area contributed by atoms with E-state index in [9.17, 15) is 33.9 Å². The van der Waals surface area contributed by atoms with Gasteiger partial charge in [0, 0.05) is 25.8 Å². The minimum absolute atomic E-state index is 0.0250. The third-order valence-electron chi connectivity index (χ3n) is 6.62. The molecule has 0 aliphatic carbocycles. The Morgan fingerprint density at radius 3 is 1.93 bits per heavy atom. The van der Waals surface area contributed by atoms with Gasteiger partial charge in [-0.2, -0.15) is 0 Å². The Morgan fingerprint density at radius 1 is 0.732 bits per heavy atom. The highest BCUT2D eigenvalue weighted by atomic mass is 16.4. The molecule has 1 aromatic carbocycles. The fourth-order valence-corrected chi connectivity index (χ4v) is 4.27. The van der Waals surface area contributed by atoms with Crippen molar-refractivity contribution in [2.24, 2.45) is 5.73 Å². The van der Waals surface area contributed by atoms with E-state index in [4.69, 9.17) is 5.73 Å². The van der Waals surface area contributed by atoms with E-state index < -0.39 is 29.9 Å². The number of primary amides is 1. The number of carbonyl (C=O) groups excluding carboxylic acids is 5. The lowest BCUT2D eigenvalue weighted by molar-refractivity contribution is -0.142. The first-order chi connectivity index (χ1) is 19.7. The molecule has 0 aliphatic heterocycles. The van der Waals surface area contributed by atoms with Crippen molar-refractivity contribution in [3.8, 4) is 0 Å². The summed E-state index contributed by atoms with van der Waals surface area (Å²) in [4.78, 5) is 69.4. The minimum atomic E-state index is -1.16. The second kappa shape index (κ2) is 22.0. The summed E-state index contributed by atoms with van der Waals surface area (Å²) >= 11 is 0. The first-order valence-electron chi connectivity index (χ1n) is 14.6. The monoisotopic (exact) mass is 574 g/mol. The fraction of sp³-hybridized carbons (Fsp3) is 0.600. The van der Waals surface area contributed by atoms with Crippen molar-refractivity contribution >= 4 is 35.9 Å². The van der Waals surface area contributed by atoms with Gasteiger partial charge in [-0.25, -0.2) is 4.79 Å². The molecule has 11 nitrogen and oxygen atoms in total. The molecule has 6 N–H and O–H groups in total. The van der Waals surface area contributed by atoms with Crippen molar-refractivity contribution in [2.75, 3.05) is 6.54 Å². The average Bonchev–Trinajstić information content (AvgIpc) is 2.94. The number of hydrogen-bond acceptors (Lipinski definition) is 6. The molecule has 0 aliphatic rings. The van der Waals surface area contributed by atoms with Gasteiger partial charge >= 0.3 is 5.97 Å². The van der Waals surface area contributed by atoms with Crippen LogP contribution in [0.3, 0.4) is 0 Å². The van der Waals surface area contributed by atoms with Crippen LogP contribution in [0, 0.1) is 0 Å². The maximum absolute atomic E-state index is 12.1. The van der Waals surface area contributed by atoms with Gasteiger partial charge in [0.2, 0.25) is 23.6 Å². The number of hydrogen-bond donors (Lipinski definition) is 5. The van der Waals surface area contributed by atoms with Crippen LogP contribution in [0.4, 0.5) is 0 Å². The van der Waals surface area contributed by atoms with Crippen molar-refractivity contribution in [3.05, 3.63) is 35.9 Å². The summed E-state index contributed by atoms with van der Waals surface area (Å²) in [5.41, 5.74) is 5.85. The van der Waals surface area contributed by atoms with E-state index in [0.717, 1.165) is 63.4 Å². The van der Waals surface area contributed by atoms with Crippen LogP contribution < -0.4 is 21.7 Å². The van der Waals surface area contributed by atoms with Gasteiger partial charge in [-0.15, -0.1) is 0 Å². The Hall–Kier alpha value is -3.76. The number of unbranched alkanes of at least 4 members (excludes halogenated alkanes) is 8. The van der Waals surface area contributed by atoms with Crippen molar-refractivity contribution in [1.82, 2.24) is 16.0 Å². The van der Waals surface area contributed by atoms with Gasteiger partial charge in [-0.05, 0) is 31.2 Å². The topological polar surface area (TPSA) is 185 Å². The number of nitrogens with two attached hydrogens (primary N) is 1. The Kier molecular flexibility index (Phi) is 18.9. The third kappa shape index (κ3) is 19.0. The van der Waals surface area contributed by atoms with E-state index in [1.807, 2.05) is 18.2 Å². The predicted octanol–water partition coefficient (Wildman–Crippen LogP) is 2.55. The molecule has 0 fully saturated rings. The zero-order valence-electron chi connectivity index (χ0n) is 23.9. The van der Waals surface area contributed by atoms with Gasteiger partial charge in [0.15, 0.2) is 0 Å². The second-order valence-electron chi connectivity index (χ2n) is 10.3. The van der Waals surface area contributed by atoms with Crippen LogP contribution in [-0.2, 0) is 35.2 Å². The third-order valence-corrected chi connectivity index (χ3v) is 6.62. The Morgan fingerprint density at radius 2 is 1.34 bits per heavy atom. The summed E-state index contributed by atoms with van der Waals surface area (Å²) in [6.45, 7) is 0.534. The lowest BCUT2D eigenvalue weighted by Crippen LogP contribution is -2.42. The molecule has 228 valence electrons. The molecule has 0 saturated carbocycles. The molecule has 0 radical (unpaired) electrons. The van der Waals surface area contributed by atoms with Crippen molar-refractivity contribution in [2.45, 2.75) is 108 Å². The van der Waals surface area contributed by atoms with Crippen LogP contribution >= 0.6 is 0 Å². The van der Waals surface area contributed by atoms with Gasteiger partial charge in [-0.1, -0.05) is 75.3 Å². The predicted molar refractivity (Wildman–Crippen MR) is 155 cm³/mol. The fourth-order valence-electron chi connectivity index (χ4n) is 4.27. The summed E-state index contributed by atoms with van der Waals surface area (Å²) in [5.74, 6) is -2.47. The molecule has 2 atom stereocenters. The highest BCUT2D eigenvalue weighted by molar-refractivity contribution is 5.85. The average molecular weight is 575 g/mol. The Balaban J connectivity index is 2.01. The first-order valence-corrected chi connectivity index (χ1v) is 14.6. The van der Waals surface area contributed by atoms with Gasteiger partial charge < -0.3 is 31.6 Å². The first kappa shape index (κ1) is 35.3. The van der Waals surface area contributed by atoms with E-state index >= 15 is 0 Å². The summed E-state index contributed by atoms with van der Waals surface area (Å²) in [5, 5.41) is 17.3. The lowest BCUT2D eigenvalue weighted by Gasteiger charge is -2.14. The van der Waals surface area contributed by atoms with Crippen molar-refractivity contribution < 1.29 is 33.9 Å². The molecule has 1 rings (SSSR count). The number of carbonyl (C=O) groups is 6. The number of nitrogens with one attached hydrogen (secondary N) is 3. The molecule has 1 unspecified atom stereocenters. The number of amides is 4. The van der Waals surface area contributed by atoms with E-state index in [1.54, 1.807) is 12.1 Å². The molecule has 0 spiro atoms. The van der Waals surface area contributed by atoms with E-state index in [0.29, 0.717) is 19.3 Å². The normalized spacial score (nSPS) is 12.1. The SMILES string of the molecule is NC(=O)CC[C@@H](C=O)NC(=O)CCCCCCCCCCCNC(=O)CCC(NC(=O)Cc1ccccc1)C(=O)O. The van der Waals surface area contributed by atoms with E-state index in [2.05, 4.69) is 16.0 Å². The summed E-state index contributed by atoms with van der Waals surface area (Å²) in [6, 6.07) is 7.26. The molecule has 41 heavy (non-hydrogen) atoms. The Labute approximate surface area is 242 Å². The summed E-state index contributed by atoms with van der Waals surface area (Å²) in [7, 11) is 0. The zero-order valence-corrected chi connectivity index (χ0v) is 23.9. The standard InChI is InChI=1S/C30H46N4O7/c31-26(36)18-16-24(22-35)33-28(38)15-11-6-4-2-1-3-5-7-12-20-32-27(37)19-17-25(30(40)41)34-29(39)21-23-13-9-8-10-14-23/h8-10,13-14,22,24-25H,1-7,11-12,15-21H2,(H2,31,36)(H,32,37)(H,33,38)(H,34,39)(H,40,41)/t24-,25?/m0/s1. The summed E-state index contributed by atoms with van der Waals surface area (Å²) in [6.07, 6.45) is 10.3. The largest absolute Gasteiger partial charge is 0.480 e. The Bertz CT molecular complexity index is 955. The number of carboxylic acids is 1. The lowest BCUT2D eigenvalue weighted by atomic mass is 10.1. The van der Waals surface area contributed by atoms with E-state index in [1.165, 1.54) is 0 Å². The summed E-state index contributed by atoms with van der Waals surface area (Å²) < 4.78 is 0. The van der Waals surface area contributed by atoms with Crippen LogP contribution in [0.25, 0.3) is 0 Å². The van der Waals surface area contributed by atoms with Crippen LogP contribution in [-0.4, -0.2) is 59.6 Å². The number of aldehydes is 1. The molecule has 4 amide bonds. The maximum Gasteiger partial charge on any atom is 0.326 e. The number of carboxylic acid groups (broad SMARTS) is 1. The van der Waals surface area contributed by atoms with Gasteiger partial charge in [0.25, 0.3) is 0 Å². The molecule has 0 aromatic heterocycles. The number of rotatable bonds is 24. The molecular formula is C30H46N4O7. The quantitative estimate of drug-likeness (QED) is 0.0927. The van der Waals surface area contributed by atoms with Crippen LogP contribution in [0.5, 0.6) is 0 Å². The molecule has 0 bridgehead atoms. The minimum Gasteiger partial charge on any atom is -0.480 e. The molecule has 0 saturated heterocycles. The van der Waals surface area contributed by atoms with Crippen molar-refractivity contribution in [1.29, 1.82) is 0 Å². The molecule has 1 aromatic rings. The highest BCUT2D eigenvalue weighted by Crippen LogP contribution is 2.11. The second-order valence-corrected chi connectivity index (χ2v) is 10.3. The zero-order chi connectivity index (χ0) is 30.3. The smallest absolute Gasteiger partial charge is 0.326 e.